The molecular weight excluding hydrogens is 282 g/mol. The molecule has 0 radical (unpaired) electrons. The monoisotopic (exact) mass is 303 g/mol. The number of nitrogens with zero attached hydrogens (tertiary/aromatic N) is 2. The molecule has 5 heteroatoms. The fraction of sp³-hybridized carbons (Fsp3) is 0.500. The molecule has 1 aromatic carbocycles. The maximum absolute atomic E-state index is 5.37. The standard InChI is InChI=1S/C16H21N3OS/c1-11-3-7-13(8-4-11)21-10-15-18-16(20-19-15)9-14(17-2)12-5-6-12/h3-4,7-8,12,14,17H,5-6,9-10H2,1-2H3. The summed E-state index contributed by atoms with van der Waals surface area (Å²) in [5.74, 6) is 3.06. The lowest BCUT2D eigenvalue weighted by Crippen LogP contribution is -2.29. The molecule has 1 atom stereocenters. The van der Waals surface area contributed by atoms with Crippen LogP contribution < -0.4 is 5.32 Å². The predicted octanol–water partition coefficient (Wildman–Crippen LogP) is 3.21. The van der Waals surface area contributed by atoms with E-state index in [-0.39, 0.29) is 0 Å². The largest absolute Gasteiger partial charge is 0.339 e. The zero-order chi connectivity index (χ0) is 14.7. The van der Waals surface area contributed by atoms with Crippen molar-refractivity contribution in [2.45, 2.75) is 42.9 Å². The Morgan fingerprint density at radius 1 is 1.33 bits per heavy atom. The maximum Gasteiger partial charge on any atom is 0.228 e. The van der Waals surface area contributed by atoms with Crippen LogP contribution in [0.25, 0.3) is 0 Å². The number of likely N-dealkylation sites (N-methyl/N-ethyl adjacent to an activating group) is 1. The van der Waals surface area contributed by atoms with Crippen LogP contribution in [0, 0.1) is 12.8 Å². The van der Waals surface area contributed by atoms with E-state index >= 15 is 0 Å². The molecule has 0 saturated heterocycles. The van der Waals surface area contributed by atoms with Gasteiger partial charge in [0.15, 0.2) is 5.82 Å². The van der Waals surface area contributed by atoms with Gasteiger partial charge in [-0.25, -0.2) is 0 Å². The molecule has 0 bridgehead atoms. The minimum Gasteiger partial charge on any atom is -0.339 e. The Labute approximate surface area is 129 Å². The Morgan fingerprint density at radius 2 is 2.10 bits per heavy atom. The van der Waals surface area contributed by atoms with Crippen molar-refractivity contribution in [3.63, 3.8) is 0 Å². The first-order valence-electron chi connectivity index (χ1n) is 7.43. The van der Waals surface area contributed by atoms with Crippen LogP contribution >= 0.6 is 11.8 Å². The van der Waals surface area contributed by atoms with Gasteiger partial charge in [0.05, 0.1) is 5.75 Å². The first-order valence-corrected chi connectivity index (χ1v) is 8.41. The van der Waals surface area contributed by atoms with E-state index in [2.05, 4.69) is 46.6 Å². The van der Waals surface area contributed by atoms with Crippen LogP contribution in [0.15, 0.2) is 33.7 Å². The van der Waals surface area contributed by atoms with Crippen molar-refractivity contribution in [3.05, 3.63) is 41.5 Å². The van der Waals surface area contributed by atoms with E-state index in [0.717, 1.165) is 29.8 Å². The fourth-order valence-electron chi connectivity index (χ4n) is 2.41. The number of nitrogens with one attached hydrogen (secondary N) is 1. The van der Waals surface area contributed by atoms with E-state index in [0.29, 0.717) is 6.04 Å². The second-order valence-corrected chi connectivity index (χ2v) is 6.69. The number of aromatic nitrogens is 2. The molecule has 112 valence electrons. The van der Waals surface area contributed by atoms with Crippen LogP contribution in [0.1, 0.15) is 30.1 Å². The van der Waals surface area contributed by atoms with Gasteiger partial charge >= 0.3 is 0 Å². The second kappa shape index (κ2) is 6.62. The van der Waals surface area contributed by atoms with E-state index in [4.69, 9.17) is 4.52 Å². The Balaban J connectivity index is 1.53. The van der Waals surface area contributed by atoms with Crippen molar-refractivity contribution in [3.8, 4) is 0 Å². The van der Waals surface area contributed by atoms with Crippen molar-refractivity contribution in [1.29, 1.82) is 0 Å². The average Bonchev–Trinajstić information content (AvgIpc) is 3.24. The highest BCUT2D eigenvalue weighted by Gasteiger charge is 2.31. The van der Waals surface area contributed by atoms with Crippen LogP contribution in [0.3, 0.4) is 0 Å². The zero-order valence-electron chi connectivity index (χ0n) is 12.5. The summed E-state index contributed by atoms with van der Waals surface area (Å²) < 4.78 is 5.37. The van der Waals surface area contributed by atoms with Crippen LogP contribution in [-0.4, -0.2) is 23.2 Å². The topological polar surface area (TPSA) is 51.0 Å². The molecule has 1 fully saturated rings. The number of aryl methyl sites for hydroxylation is 1. The van der Waals surface area contributed by atoms with Crippen molar-refractivity contribution in [2.24, 2.45) is 5.92 Å². The third-order valence-corrected chi connectivity index (χ3v) is 4.86. The highest BCUT2D eigenvalue weighted by atomic mass is 32.2. The molecule has 3 rings (SSSR count). The third-order valence-electron chi connectivity index (χ3n) is 3.86. The predicted molar refractivity (Wildman–Crippen MR) is 84.3 cm³/mol. The summed E-state index contributed by atoms with van der Waals surface area (Å²) in [6, 6.07) is 8.98. The SMILES string of the molecule is CNC(Cc1nc(CSc2ccc(C)cc2)no1)C1CC1. The molecule has 0 spiro atoms. The van der Waals surface area contributed by atoms with E-state index in [1.165, 1.54) is 23.3 Å². The van der Waals surface area contributed by atoms with Gasteiger partial charge in [-0.2, -0.15) is 4.98 Å². The van der Waals surface area contributed by atoms with E-state index in [1.807, 2.05) is 7.05 Å². The molecule has 1 heterocycles. The maximum atomic E-state index is 5.37. The molecule has 1 aliphatic carbocycles. The van der Waals surface area contributed by atoms with E-state index in [1.54, 1.807) is 11.8 Å². The summed E-state index contributed by atoms with van der Waals surface area (Å²) in [5, 5.41) is 7.43. The third kappa shape index (κ3) is 4.08. The minimum atomic E-state index is 0.475. The molecule has 4 nitrogen and oxygen atoms in total. The number of hydrogen-bond donors (Lipinski definition) is 1. The lowest BCUT2D eigenvalue weighted by molar-refractivity contribution is 0.349. The second-order valence-electron chi connectivity index (χ2n) is 5.64. The van der Waals surface area contributed by atoms with Gasteiger partial charge in [0, 0.05) is 17.4 Å². The van der Waals surface area contributed by atoms with Gasteiger partial charge in [-0.15, -0.1) is 11.8 Å². The first-order chi connectivity index (χ1) is 10.2. The highest BCUT2D eigenvalue weighted by molar-refractivity contribution is 7.98. The van der Waals surface area contributed by atoms with Gasteiger partial charge in [0.1, 0.15) is 0 Å². The van der Waals surface area contributed by atoms with Gasteiger partial charge in [0.2, 0.25) is 5.89 Å². The van der Waals surface area contributed by atoms with Crippen LogP contribution in [0.2, 0.25) is 0 Å². The van der Waals surface area contributed by atoms with Crippen molar-refractivity contribution >= 4 is 11.8 Å². The molecule has 1 unspecified atom stereocenters. The number of thioether (sulfide) groups is 1. The lowest BCUT2D eigenvalue weighted by atomic mass is 10.1. The number of rotatable bonds is 7. The molecule has 0 amide bonds. The fourth-order valence-corrected chi connectivity index (χ4v) is 3.15. The van der Waals surface area contributed by atoms with E-state index < -0.39 is 0 Å². The molecule has 2 aromatic rings. The van der Waals surface area contributed by atoms with E-state index in [9.17, 15) is 0 Å². The zero-order valence-corrected chi connectivity index (χ0v) is 13.3. The lowest BCUT2D eigenvalue weighted by Gasteiger charge is -2.11. The van der Waals surface area contributed by atoms with Gasteiger partial charge in [0.25, 0.3) is 0 Å². The summed E-state index contributed by atoms with van der Waals surface area (Å²) >= 11 is 1.74. The van der Waals surface area contributed by atoms with Gasteiger partial charge in [-0.05, 0) is 44.9 Å². The smallest absolute Gasteiger partial charge is 0.228 e. The van der Waals surface area contributed by atoms with Crippen LogP contribution in [-0.2, 0) is 12.2 Å². The summed E-state index contributed by atoms with van der Waals surface area (Å²) in [5.41, 5.74) is 1.28. The van der Waals surface area contributed by atoms with Crippen LogP contribution in [0.5, 0.6) is 0 Å². The van der Waals surface area contributed by atoms with Crippen molar-refractivity contribution in [2.75, 3.05) is 7.05 Å². The van der Waals surface area contributed by atoms with Crippen molar-refractivity contribution in [1.82, 2.24) is 15.5 Å². The van der Waals surface area contributed by atoms with Gasteiger partial charge in [-0.3, -0.25) is 0 Å². The summed E-state index contributed by atoms with van der Waals surface area (Å²) in [4.78, 5) is 5.74. The Bertz CT molecular complexity index is 577. The normalized spacial score (nSPS) is 16.1. The highest BCUT2D eigenvalue weighted by Crippen LogP contribution is 2.33. The molecule has 1 aromatic heterocycles. The van der Waals surface area contributed by atoms with Crippen LogP contribution in [0.4, 0.5) is 0 Å². The average molecular weight is 303 g/mol. The quantitative estimate of drug-likeness (QED) is 0.796. The Kier molecular flexibility index (Phi) is 4.60. The number of hydrogen-bond acceptors (Lipinski definition) is 5. The first kappa shape index (κ1) is 14.6. The summed E-state index contributed by atoms with van der Waals surface area (Å²) in [7, 11) is 2.01. The summed E-state index contributed by atoms with van der Waals surface area (Å²) in [6.07, 6.45) is 3.47. The molecular formula is C16H21N3OS. The molecule has 1 aliphatic rings. The van der Waals surface area contributed by atoms with Gasteiger partial charge in [-0.1, -0.05) is 22.9 Å². The van der Waals surface area contributed by atoms with Gasteiger partial charge < -0.3 is 9.84 Å². The Morgan fingerprint density at radius 3 is 2.76 bits per heavy atom. The molecule has 0 aliphatic heterocycles. The van der Waals surface area contributed by atoms with Crippen molar-refractivity contribution < 1.29 is 4.52 Å². The molecule has 21 heavy (non-hydrogen) atoms. The molecule has 1 saturated carbocycles. The Hall–Kier alpha value is -1.33. The molecule has 1 N–H and O–H groups in total. The number of benzene rings is 1. The minimum absolute atomic E-state index is 0.475. The summed E-state index contributed by atoms with van der Waals surface area (Å²) in [6.45, 7) is 2.10.